The summed E-state index contributed by atoms with van der Waals surface area (Å²) < 4.78 is 0. The molecule has 1 aromatic heterocycles. The number of nitrogens with one attached hydrogen (secondary N) is 1. The van der Waals surface area contributed by atoms with Crippen LogP contribution in [-0.2, 0) is 0 Å². The van der Waals surface area contributed by atoms with E-state index in [-0.39, 0.29) is 0 Å². The molecule has 0 aliphatic heterocycles. The van der Waals surface area contributed by atoms with Crippen LogP contribution in [-0.4, -0.2) is 9.97 Å². The van der Waals surface area contributed by atoms with Crippen LogP contribution in [0.4, 0.5) is 0 Å². The van der Waals surface area contributed by atoms with Crippen molar-refractivity contribution in [2.75, 3.05) is 0 Å². The van der Waals surface area contributed by atoms with Gasteiger partial charge in [0.1, 0.15) is 0 Å². The summed E-state index contributed by atoms with van der Waals surface area (Å²) in [4.78, 5) is 7.06. The number of halogens is 1. The van der Waals surface area contributed by atoms with Crippen molar-refractivity contribution in [2.45, 2.75) is 0 Å². The molecule has 0 radical (unpaired) electrons. The molecule has 1 heterocycles. The third kappa shape index (κ3) is 2.28. The highest BCUT2D eigenvalue weighted by molar-refractivity contribution is 6.28. The highest BCUT2D eigenvalue weighted by Crippen LogP contribution is 2.30. The number of H-pyrrole nitrogens is 1. The second-order valence-corrected chi connectivity index (χ2v) is 5.55. The fraction of sp³-hybridized carbons (Fsp3) is 0. The molecule has 0 saturated carbocycles. The predicted octanol–water partition coefficient (Wildman–Crippen LogP) is 5.55. The number of hydrogen-bond donors (Lipinski definition) is 1. The second kappa shape index (κ2) is 5.32. The molecule has 3 aromatic carbocycles. The quantitative estimate of drug-likeness (QED) is 0.516. The molecule has 106 valence electrons. The second-order valence-electron chi connectivity index (χ2n) is 5.19. The van der Waals surface area contributed by atoms with Crippen molar-refractivity contribution >= 4 is 22.4 Å². The Labute approximate surface area is 133 Å². The van der Waals surface area contributed by atoms with Crippen molar-refractivity contribution in [1.29, 1.82) is 0 Å². The van der Waals surface area contributed by atoms with Crippen LogP contribution >= 0.6 is 11.6 Å². The van der Waals surface area contributed by atoms with Gasteiger partial charge in [0.05, 0.1) is 11.9 Å². The topological polar surface area (TPSA) is 28.7 Å². The van der Waals surface area contributed by atoms with E-state index in [0.29, 0.717) is 5.28 Å². The number of benzene rings is 3. The van der Waals surface area contributed by atoms with Gasteiger partial charge < -0.3 is 4.98 Å². The Bertz CT molecular complexity index is 934. The summed E-state index contributed by atoms with van der Waals surface area (Å²) in [5.41, 5.74) is 4.44. The van der Waals surface area contributed by atoms with Crippen molar-refractivity contribution in [2.24, 2.45) is 0 Å². The van der Waals surface area contributed by atoms with Crippen molar-refractivity contribution < 1.29 is 0 Å². The summed E-state index contributed by atoms with van der Waals surface area (Å²) in [6.07, 6.45) is 1.75. The molecule has 1 N–H and O–H groups in total. The minimum absolute atomic E-state index is 0.410. The molecule has 0 spiro atoms. The van der Waals surface area contributed by atoms with Gasteiger partial charge in [-0.15, -0.1) is 0 Å². The molecule has 0 bridgehead atoms. The van der Waals surface area contributed by atoms with Crippen molar-refractivity contribution in [3.63, 3.8) is 0 Å². The first-order valence-electron chi connectivity index (χ1n) is 7.10. The van der Waals surface area contributed by atoms with Crippen molar-refractivity contribution in [3.05, 3.63) is 78.2 Å². The van der Waals surface area contributed by atoms with Crippen LogP contribution in [0.15, 0.2) is 72.9 Å². The number of nitrogens with zero attached hydrogens (tertiary/aromatic N) is 1. The predicted molar refractivity (Wildman–Crippen MR) is 92.0 cm³/mol. The highest BCUT2D eigenvalue weighted by atomic mass is 35.5. The van der Waals surface area contributed by atoms with E-state index < -0.39 is 0 Å². The van der Waals surface area contributed by atoms with Crippen LogP contribution in [0.5, 0.6) is 0 Å². The minimum Gasteiger partial charge on any atom is -0.329 e. The maximum absolute atomic E-state index is 5.84. The smallest absolute Gasteiger partial charge is 0.200 e. The Morgan fingerprint density at radius 1 is 0.773 bits per heavy atom. The lowest BCUT2D eigenvalue weighted by molar-refractivity contribution is 1.31. The van der Waals surface area contributed by atoms with Crippen LogP contribution in [0, 0.1) is 0 Å². The Morgan fingerprint density at radius 2 is 1.50 bits per heavy atom. The first-order chi connectivity index (χ1) is 10.8. The largest absolute Gasteiger partial charge is 0.329 e. The number of hydrogen-bond acceptors (Lipinski definition) is 1. The zero-order chi connectivity index (χ0) is 14.9. The van der Waals surface area contributed by atoms with Gasteiger partial charge in [0, 0.05) is 0 Å². The number of imidazole rings is 1. The molecule has 0 atom stereocenters. The van der Waals surface area contributed by atoms with E-state index in [1.165, 1.54) is 21.9 Å². The standard InChI is InChI=1S/C19H13ClN2/c20-19-21-12-18(22-19)15-10-8-14(9-11-15)17-7-3-5-13-4-1-2-6-16(13)17/h1-12H,(H,21,22). The molecule has 2 nitrogen and oxygen atoms in total. The van der Waals surface area contributed by atoms with Crippen LogP contribution in [0.25, 0.3) is 33.2 Å². The summed E-state index contributed by atoms with van der Waals surface area (Å²) in [6.45, 7) is 0. The summed E-state index contributed by atoms with van der Waals surface area (Å²) >= 11 is 5.84. The van der Waals surface area contributed by atoms with Crippen LogP contribution in [0.1, 0.15) is 0 Å². The highest BCUT2D eigenvalue weighted by Gasteiger charge is 2.05. The van der Waals surface area contributed by atoms with Crippen LogP contribution in [0.3, 0.4) is 0 Å². The molecule has 4 rings (SSSR count). The zero-order valence-electron chi connectivity index (χ0n) is 11.8. The SMILES string of the molecule is Clc1ncc(-c2ccc(-c3cccc4ccccc34)cc2)[nH]1. The van der Waals surface area contributed by atoms with E-state index in [1.54, 1.807) is 6.20 Å². The van der Waals surface area contributed by atoms with Crippen molar-refractivity contribution in [3.8, 4) is 22.4 Å². The molecule has 3 heteroatoms. The van der Waals surface area contributed by atoms with Gasteiger partial charge in [0.15, 0.2) is 5.28 Å². The first-order valence-corrected chi connectivity index (χ1v) is 7.48. The molecule has 0 fully saturated rings. The van der Waals surface area contributed by atoms with Gasteiger partial charge in [-0.1, -0.05) is 66.7 Å². The van der Waals surface area contributed by atoms with Gasteiger partial charge in [-0.25, -0.2) is 4.98 Å². The lowest BCUT2D eigenvalue weighted by Gasteiger charge is -2.07. The van der Waals surface area contributed by atoms with E-state index in [0.717, 1.165) is 11.3 Å². The van der Waals surface area contributed by atoms with Crippen LogP contribution < -0.4 is 0 Å². The average molecular weight is 305 g/mol. The van der Waals surface area contributed by atoms with Gasteiger partial charge in [0.2, 0.25) is 0 Å². The minimum atomic E-state index is 0.410. The van der Waals surface area contributed by atoms with Gasteiger partial charge in [-0.3, -0.25) is 0 Å². The molecule has 0 aliphatic rings. The average Bonchev–Trinajstić information content (AvgIpc) is 3.01. The summed E-state index contributed by atoms with van der Waals surface area (Å²) in [5, 5.41) is 2.93. The Hall–Kier alpha value is -2.58. The third-order valence-electron chi connectivity index (χ3n) is 3.84. The fourth-order valence-corrected chi connectivity index (χ4v) is 2.90. The Morgan fingerprint density at radius 3 is 2.27 bits per heavy atom. The number of aromatic amines is 1. The van der Waals surface area contributed by atoms with Gasteiger partial charge in [-0.2, -0.15) is 0 Å². The number of rotatable bonds is 2. The molecule has 0 amide bonds. The summed E-state index contributed by atoms with van der Waals surface area (Å²) in [5.74, 6) is 0. The Kier molecular flexibility index (Phi) is 3.17. The number of aromatic nitrogens is 2. The zero-order valence-corrected chi connectivity index (χ0v) is 12.5. The van der Waals surface area contributed by atoms with Gasteiger partial charge >= 0.3 is 0 Å². The van der Waals surface area contributed by atoms with Crippen molar-refractivity contribution in [1.82, 2.24) is 9.97 Å². The Balaban J connectivity index is 1.79. The van der Waals surface area contributed by atoms with Gasteiger partial charge in [-0.05, 0) is 39.1 Å². The van der Waals surface area contributed by atoms with E-state index in [1.807, 2.05) is 0 Å². The van der Waals surface area contributed by atoms with E-state index in [4.69, 9.17) is 11.6 Å². The molecular weight excluding hydrogens is 292 g/mol. The molecule has 0 saturated heterocycles. The third-order valence-corrected chi connectivity index (χ3v) is 4.03. The summed E-state index contributed by atoms with van der Waals surface area (Å²) in [6, 6.07) is 23.3. The molecule has 4 aromatic rings. The maximum Gasteiger partial charge on any atom is 0.200 e. The molecule has 0 aliphatic carbocycles. The maximum atomic E-state index is 5.84. The van der Waals surface area contributed by atoms with Gasteiger partial charge in [0.25, 0.3) is 0 Å². The molecule has 0 unspecified atom stereocenters. The van der Waals surface area contributed by atoms with E-state index in [9.17, 15) is 0 Å². The number of fused-ring (bicyclic) bond motifs is 1. The van der Waals surface area contributed by atoms with E-state index in [2.05, 4.69) is 76.7 Å². The first kappa shape index (κ1) is 13.1. The lowest BCUT2D eigenvalue weighted by Crippen LogP contribution is -1.82. The molecular formula is C19H13ClN2. The fourth-order valence-electron chi connectivity index (χ4n) is 2.75. The monoisotopic (exact) mass is 304 g/mol. The normalized spacial score (nSPS) is 11.0. The molecule has 22 heavy (non-hydrogen) atoms. The van der Waals surface area contributed by atoms with Crippen LogP contribution in [0.2, 0.25) is 5.28 Å². The summed E-state index contributed by atoms with van der Waals surface area (Å²) in [7, 11) is 0. The van der Waals surface area contributed by atoms with E-state index >= 15 is 0 Å². The lowest BCUT2D eigenvalue weighted by atomic mass is 9.97.